The van der Waals surface area contributed by atoms with Gasteiger partial charge in [0, 0.05) is 19.7 Å². The molecule has 1 atom stereocenters. The molecular weight excluding hydrogens is 208 g/mol. The lowest BCUT2D eigenvalue weighted by Crippen LogP contribution is -2.47. The van der Waals surface area contributed by atoms with E-state index >= 15 is 0 Å². The molecule has 0 saturated heterocycles. The maximum Gasteiger partial charge on any atom is 0.314 e. The summed E-state index contributed by atoms with van der Waals surface area (Å²) in [6.07, 6.45) is 0. The standard InChI is InChI=1S/C11H24N2O3/c1-5-16-7-6-12-10(14)13-8-11(4,15)9(2)3/h9,15H,5-8H2,1-4H3,(H2,12,13,14). The number of rotatable bonds is 7. The smallest absolute Gasteiger partial charge is 0.314 e. The van der Waals surface area contributed by atoms with E-state index < -0.39 is 5.60 Å². The van der Waals surface area contributed by atoms with Crippen molar-refractivity contribution in [2.45, 2.75) is 33.3 Å². The van der Waals surface area contributed by atoms with Gasteiger partial charge in [0.1, 0.15) is 0 Å². The van der Waals surface area contributed by atoms with Gasteiger partial charge in [0.2, 0.25) is 0 Å². The van der Waals surface area contributed by atoms with Gasteiger partial charge in [-0.1, -0.05) is 13.8 Å². The molecule has 5 nitrogen and oxygen atoms in total. The van der Waals surface area contributed by atoms with Gasteiger partial charge < -0.3 is 20.5 Å². The van der Waals surface area contributed by atoms with Crippen molar-refractivity contribution in [1.29, 1.82) is 0 Å². The third-order valence-corrected chi connectivity index (χ3v) is 2.59. The molecule has 0 saturated carbocycles. The summed E-state index contributed by atoms with van der Waals surface area (Å²) in [6, 6.07) is -0.277. The predicted molar refractivity (Wildman–Crippen MR) is 63.4 cm³/mol. The SMILES string of the molecule is CCOCCNC(=O)NCC(C)(O)C(C)C. The molecule has 0 aromatic rings. The third-order valence-electron chi connectivity index (χ3n) is 2.59. The molecular formula is C11H24N2O3. The molecule has 0 aliphatic carbocycles. The topological polar surface area (TPSA) is 70.6 Å². The monoisotopic (exact) mass is 232 g/mol. The van der Waals surface area contributed by atoms with E-state index in [1.165, 1.54) is 0 Å². The van der Waals surface area contributed by atoms with Crippen LogP contribution in [0.25, 0.3) is 0 Å². The van der Waals surface area contributed by atoms with Crippen molar-refractivity contribution in [2.75, 3.05) is 26.3 Å². The zero-order valence-corrected chi connectivity index (χ0v) is 10.7. The second-order valence-electron chi connectivity index (χ2n) is 4.32. The Bertz CT molecular complexity index is 205. The van der Waals surface area contributed by atoms with E-state index in [9.17, 15) is 9.90 Å². The Labute approximate surface area is 97.6 Å². The maximum absolute atomic E-state index is 11.3. The number of carbonyl (C=O) groups is 1. The first-order valence-corrected chi connectivity index (χ1v) is 5.72. The molecule has 5 heteroatoms. The molecule has 0 bridgehead atoms. The molecule has 0 rings (SSSR count). The lowest BCUT2D eigenvalue weighted by molar-refractivity contribution is 0.0165. The van der Waals surface area contributed by atoms with E-state index in [1.54, 1.807) is 6.92 Å². The highest BCUT2D eigenvalue weighted by Gasteiger charge is 2.25. The molecule has 0 aromatic heterocycles. The van der Waals surface area contributed by atoms with Crippen LogP contribution in [-0.2, 0) is 4.74 Å². The van der Waals surface area contributed by atoms with Crippen LogP contribution in [-0.4, -0.2) is 43.0 Å². The number of carbonyl (C=O) groups excluding carboxylic acids is 1. The molecule has 0 spiro atoms. The zero-order valence-electron chi connectivity index (χ0n) is 10.7. The van der Waals surface area contributed by atoms with Crippen molar-refractivity contribution in [3.05, 3.63) is 0 Å². The summed E-state index contributed by atoms with van der Waals surface area (Å²) in [6.45, 7) is 9.30. The van der Waals surface area contributed by atoms with Crippen molar-refractivity contribution < 1.29 is 14.6 Å². The minimum absolute atomic E-state index is 0.0937. The molecule has 0 aliphatic rings. The lowest BCUT2D eigenvalue weighted by atomic mass is 9.93. The predicted octanol–water partition coefficient (Wildman–Crippen LogP) is 0.729. The third kappa shape index (κ3) is 6.63. The number of hydrogen-bond donors (Lipinski definition) is 3. The Hall–Kier alpha value is -0.810. The Kier molecular flexibility index (Phi) is 7.08. The van der Waals surface area contributed by atoms with Gasteiger partial charge in [-0.25, -0.2) is 4.79 Å². The summed E-state index contributed by atoms with van der Waals surface area (Å²) in [5.74, 6) is 0.0937. The quantitative estimate of drug-likeness (QED) is 0.567. The number of hydrogen-bond acceptors (Lipinski definition) is 3. The Morgan fingerprint density at radius 1 is 1.44 bits per heavy atom. The molecule has 0 aliphatic heterocycles. The number of ether oxygens (including phenoxy) is 1. The van der Waals surface area contributed by atoms with Crippen molar-refractivity contribution in [2.24, 2.45) is 5.92 Å². The van der Waals surface area contributed by atoms with Gasteiger partial charge in [-0.3, -0.25) is 0 Å². The molecule has 2 amide bonds. The summed E-state index contributed by atoms with van der Waals surface area (Å²) in [4.78, 5) is 11.3. The van der Waals surface area contributed by atoms with Crippen LogP contribution in [0.3, 0.4) is 0 Å². The number of nitrogens with one attached hydrogen (secondary N) is 2. The minimum atomic E-state index is -0.878. The van der Waals surface area contributed by atoms with Gasteiger partial charge >= 0.3 is 6.03 Å². The second-order valence-corrected chi connectivity index (χ2v) is 4.32. The van der Waals surface area contributed by atoms with Crippen molar-refractivity contribution in [1.82, 2.24) is 10.6 Å². The van der Waals surface area contributed by atoms with E-state index in [0.717, 1.165) is 0 Å². The van der Waals surface area contributed by atoms with Gasteiger partial charge in [0.25, 0.3) is 0 Å². The van der Waals surface area contributed by atoms with Crippen LogP contribution in [0.5, 0.6) is 0 Å². The van der Waals surface area contributed by atoms with Gasteiger partial charge in [0.05, 0.1) is 12.2 Å². The van der Waals surface area contributed by atoms with E-state index in [1.807, 2.05) is 20.8 Å². The fourth-order valence-electron chi connectivity index (χ4n) is 0.907. The van der Waals surface area contributed by atoms with Crippen LogP contribution in [0.2, 0.25) is 0 Å². The summed E-state index contributed by atoms with van der Waals surface area (Å²) >= 11 is 0. The Balaban J connectivity index is 3.65. The number of urea groups is 1. The van der Waals surface area contributed by atoms with Crippen molar-refractivity contribution in [3.8, 4) is 0 Å². The van der Waals surface area contributed by atoms with Crippen LogP contribution in [0.1, 0.15) is 27.7 Å². The summed E-state index contributed by atoms with van der Waals surface area (Å²) in [5.41, 5.74) is -0.878. The molecule has 0 aromatic carbocycles. The number of aliphatic hydroxyl groups is 1. The van der Waals surface area contributed by atoms with E-state index in [0.29, 0.717) is 19.8 Å². The molecule has 0 fully saturated rings. The fraction of sp³-hybridized carbons (Fsp3) is 0.909. The molecule has 0 radical (unpaired) electrons. The first-order valence-electron chi connectivity index (χ1n) is 5.72. The van der Waals surface area contributed by atoms with Gasteiger partial charge in [-0.05, 0) is 19.8 Å². The van der Waals surface area contributed by atoms with Gasteiger partial charge in [-0.15, -0.1) is 0 Å². The van der Waals surface area contributed by atoms with Crippen LogP contribution in [0.4, 0.5) is 4.79 Å². The maximum atomic E-state index is 11.3. The lowest BCUT2D eigenvalue weighted by Gasteiger charge is -2.27. The molecule has 16 heavy (non-hydrogen) atoms. The van der Waals surface area contributed by atoms with Crippen LogP contribution >= 0.6 is 0 Å². The normalized spacial score (nSPS) is 14.6. The first kappa shape index (κ1) is 15.2. The summed E-state index contributed by atoms with van der Waals surface area (Å²) in [7, 11) is 0. The van der Waals surface area contributed by atoms with E-state index in [4.69, 9.17) is 4.74 Å². The Morgan fingerprint density at radius 2 is 2.06 bits per heavy atom. The number of amides is 2. The average molecular weight is 232 g/mol. The Morgan fingerprint density at radius 3 is 2.56 bits per heavy atom. The highest BCUT2D eigenvalue weighted by atomic mass is 16.5. The van der Waals surface area contributed by atoms with Crippen molar-refractivity contribution >= 4 is 6.03 Å². The van der Waals surface area contributed by atoms with E-state index in [-0.39, 0.29) is 18.5 Å². The second kappa shape index (κ2) is 7.46. The van der Waals surface area contributed by atoms with Crippen LogP contribution in [0.15, 0.2) is 0 Å². The molecule has 3 N–H and O–H groups in total. The van der Waals surface area contributed by atoms with Gasteiger partial charge in [-0.2, -0.15) is 0 Å². The molecule has 1 unspecified atom stereocenters. The average Bonchev–Trinajstić information content (AvgIpc) is 2.21. The summed E-state index contributed by atoms with van der Waals surface area (Å²) < 4.78 is 5.08. The summed E-state index contributed by atoms with van der Waals surface area (Å²) in [5, 5.41) is 15.2. The highest BCUT2D eigenvalue weighted by Crippen LogP contribution is 2.14. The largest absolute Gasteiger partial charge is 0.388 e. The van der Waals surface area contributed by atoms with Gasteiger partial charge in [0.15, 0.2) is 0 Å². The molecule has 0 heterocycles. The minimum Gasteiger partial charge on any atom is -0.388 e. The van der Waals surface area contributed by atoms with E-state index in [2.05, 4.69) is 10.6 Å². The zero-order chi connectivity index (χ0) is 12.6. The highest BCUT2D eigenvalue weighted by molar-refractivity contribution is 5.73. The van der Waals surface area contributed by atoms with Crippen molar-refractivity contribution in [3.63, 3.8) is 0 Å². The van der Waals surface area contributed by atoms with Crippen LogP contribution < -0.4 is 10.6 Å². The molecule has 96 valence electrons. The first-order chi connectivity index (χ1) is 7.40. The fourth-order valence-corrected chi connectivity index (χ4v) is 0.907. The van der Waals surface area contributed by atoms with Crippen LogP contribution in [0, 0.1) is 5.92 Å².